The van der Waals surface area contributed by atoms with Crippen molar-refractivity contribution in [2.24, 2.45) is 0 Å². The highest BCUT2D eigenvalue weighted by atomic mass is 16.6. The van der Waals surface area contributed by atoms with Gasteiger partial charge in [-0.15, -0.1) is 0 Å². The van der Waals surface area contributed by atoms with Gasteiger partial charge >= 0.3 is 5.97 Å². The molecule has 1 rings (SSSR count). The predicted molar refractivity (Wildman–Crippen MR) is 41.8 cm³/mol. The number of carbonyl (C=O) groups is 1. The van der Waals surface area contributed by atoms with Gasteiger partial charge in [0.25, 0.3) is 0 Å². The zero-order chi connectivity index (χ0) is 9.19. The molecule has 0 unspecified atom stereocenters. The van der Waals surface area contributed by atoms with Gasteiger partial charge in [0.2, 0.25) is 6.54 Å². The molecule has 0 amide bonds. The summed E-state index contributed by atoms with van der Waals surface area (Å²) in [5.74, 6) is -0.943. The number of carboxylic acids is 1. The Morgan fingerprint density at radius 3 is 2.42 bits per heavy atom. The van der Waals surface area contributed by atoms with Crippen molar-refractivity contribution in [1.29, 1.82) is 0 Å². The molecule has 2 N–H and O–H groups in total. The fourth-order valence-electron chi connectivity index (χ4n) is 1.35. The maximum Gasteiger partial charge on any atom is 0.362 e. The molecule has 1 aliphatic heterocycles. The molecular formula is C7H15N2O3+. The second-order valence-corrected chi connectivity index (χ2v) is 3.40. The van der Waals surface area contributed by atoms with Crippen LogP contribution in [0.5, 0.6) is 0 Å². The molecule has 12 heavy (non-hydrogen) atoms. The van der Waals surface area contributed by atoms with Crippen LogP contribution >= 0.6 is 0 Å². The normalized spacial score (nSPS) is 23.8. The average molecular weight is 175 g/mol. The highest BCUT2D eigenvalue weighted by Crippen LogP contribution is 2.07. The van der Waals surface area contributed by atoms with E-state index >= 15 is 0 Å². The smallest absolute Gasteiger partial charge is 0.362 e. The number of likely N-dealkylation sites (N-methyl/N-ethyl adjacent to an activating group) is 1. The SMILES string of the molecule is CN1CC[N+](O)(CC(=O)O)CC1. The molecule has 5 heteroatoms. The van der Waals surface area contributed by atoms with Gasteiger partial charge in [-0.2, -0.15) is 4.65 Å². The van der Waals surface area contributed by atoms with Gasteiger partial charge in [0.05, 0.1) is 13.1 Å². The summed E-state index contributed by atoms with van der Waals surface area (Å²) in [7, 11) is 1.96. The van der Waals surface area contributed by atoms with Crippen LogP contribution in [0.2, 0.25) is 0 Å². The number of aliphatic carboxylic acids is 1. The van der Waals surface area contributed by atoms with Gasteiger partial charge in [-0.3, -0.25) is 4.90 Å². The van der Waals surface area contributed by atoms with E-state index in [-0.39, 0.29) is 11.2 Å². The van der Waals surface area contributed by atoms with E-state index in [2.05, 4.69) is 4.90 Å². The first-order valence-electron chi connectivity index (χ1n) is 4.01. The van der Waals surface area contributed by atoms with Crippen molar-refractivity contribution in [2.75, 3.05) is 39.8 Å². The molecule has 0 saturated carbocycles. The minimum atomic E-state index is -0.943. The zero-order valence-corrected chi connectivity index (χ0v) is 7.23. The van der Waals surface area contributed by atoms with Gasteiger partial charge in [-0.1, -0.05) is 0 Å². The summed E-state index contributed by atoms with van der Waals surface area (Å²) in [4.78, 5) is 12.4. The lowest BCUT2D eigenvalue weighted by Gasteiger charge is -2.35. The van der Waals surface area contributed by atoms with Crippen molar-refractivity contribution in [1.82, 2.24) is 4.90 Å². The van der Waals surface area contributed by atoms with Crippen molar-refractivity contribution in [3.05, 3.63) is 0 Å². The van der Waals surface area contributed by atoms with Gasteiger partial charge in [-0.25, -0.2) is 10.0 Å². The molecule has 1 heterocycles. The van der Waals surface area contributed by atoms with E-state index in [1.807, 2.05) is 7.05 Å². The quantitative estimate of drug-likeness (QED) is 0.541. The Morgan fingerprint density at radius 2 is 2.00 bits per heavy atom. The highest BCUT2D eigenvalue weighted by Gasteiger charge is 2.32. The van der Waals surface area contributed by atoms with E-state index in [1.165, 1.54) is 0 Å². The van der Waals surface area contributed by atoms with Crippen LogP contribution in [0.15, 0.2) is 0 Å². The average Bonchev–Trinajstić information content (AvgIpc) is 1.94. The van der Waals surface area contributed by atoms with Crippen molar-refractivity contribution in [2.45, 2.75) is 0 Å². The fraction of sp³-hybridized carbons (Fsp3) is 0.857. The van der Waals surface area contributed by atoms with Crippen LogP contribution in [0, 0.1) is 0 Å². The molecule has 70 valence electrons. The predicted octanol–water partition coefficient (Wildman–Crippen LogP) is -0.778. The first kappa shape index (κ1) is 9.44. The van der Waals surface area contributed by atoms with E-state index in [9.17, 15) is 10.0 Å². The van der Waals surface area contributed by atoms with Crippen LogP contribution in [0.25, 0.3) is 0 Å². The third-order valence-electron chi connectivity index (χ3n) is 2.23. The van der Waals surface area contributed by atoms with Crippen molar-refractivity contribution >= 4 is 5.97 Å². The summed E-state index contributed by atoms with van der Waals surface area (Å²) in [6.07, 6.45) is 0. The number of hydroxylamine groups is 3. The highest BCUT2D eigenvalue weighted by molar-refractivity contribution is 5.67. The van der Waals surface area contributed by atoms with Crippen LogP contribution in [-0.2, 0) is 4.79 Å². The molecule has 0 atom stereocenters. The Hall–Kier alpha value is -0.650. The first-order valence-corrected chi connectivity index (χ1v) is 4.01. The van der Waals surface area contributed by atoms with Crippen LogP contribution in [-0.4, -0.2) is 65.6 Å². The summed E-state index contributed by atoms with van der Waals surface area (Å²) < 4.78 is -0.320. The van der Waals surface area contributed by atoms with Crippen LogP contribution in [0.3, 0.4) is 0 Å². The molecule has 1 aliphatic rings. The third kappa shape index (κ3) is 2.44. The number of quaternary nitrogens is 1. The fourth-order valence-corrected chi connectivity index (χ4v) is 1.35. The van der Waals surface area contributed by atoms with E-state index in [0.717, 1.165) is 13.1 Å². The minimum Gasteiger partial charge on any atom is -0.477 e. The lowest BCUT2D eigenvalue weighted by Crippen LogP contribution is -2.58. The molecule has 0 radical (unpaired) electrons. The zero-order valence-electron chi connectivity index (χ0n) is 7.23. The summed E-state index contributed by atoms with van der Waals surface area (Å²) in [5, 5.41) is 18.2. The van der Waals surface area contributed by atoms with Crippen LogP contribution < -0.4 is 0 Å². The maximum atomic E-state index is 10.4. The van der Waals surface area contributed by atoms with Crippen LogP contribution in [0.1, 0.15) is 0 Å². The Labute approximate surface area is 71.4 Å². The lowest BCUT2D eigenvalue weighted by molar-refractivity contribution is -1.10. The molecule has 0 aliphatic carbocycles. The molecule has 0 aromatic heterocycles. The maximum absolute atomic E-state index is 10.4. The number of carboxylic acid groups (broad SMARTS) is 1. The van der Waals surface area contributed by atoms with E-state index < -0.39 is 5.97 Å². The second kappa shape index (κ2) is 3.38. The molecule has 0 aromatic rings. The summed E-state index contributed by atoms with van der Waals surface area (Å²) in [6.45, 7) is 2.33. The summed E-state index contributed by atoms with van der Waals surface area (Å²) in [5.41, 5.74) is 0. The Kier molecular flexibility index (Phi) is 2.66. The van der Waals surface area contributed by atoms with Gasteiger partial charge in [0.1, 0.15) is 13.1 Å². The van der Waals surface area contributed by atoms with Crippen LogP contribution in [0.4, 0.5) is 0 Å². The van der Waals surface area contributed by atoms with E-state index in [4.69, 9.17) is 5.11 Å². The molecule has 0 bridgehead atoms. The monoisotopic (exact) mass is 175 g/mol. The van der Waals surface area contributed by atoms with Crippen molar-refractivity contribution in [3.8, 4) is 0 Å². The topological polar surface area (TPSA) is 60.8 Å². The second-order valence-electron chi connectivity index (χ2n) is 3.40. The molecule has 5 nitrogen and oxygen atoms in total. The number of piperazine rings is 1. The van der Waals surface area contributed by atoms with Crippen molar-refractivity contribution < 1.29 is 19.8 Å². The van der Waals surface area contributed by atoms with Gasteiger partial charge < -0.3 is 5.11 Å². The summed E-state index contributed by atoms with van der Waals surface area (Å²) in [6, 6.07) is 0. The third-order valence-corrected chi connectivity index (χ3v) is 2.23. The Balaban J connectivity index is 2.44. The van der Waals surface area contributed by atoms with E-state index in [1.54, 1.807) is 0 Å². The first-order chi connectivity index (χ1) is 5.52. The lowest BCUT2D eigenvalue weighted by atomic mass is 10.3. The standard InChI is InChI=1S/C7H14N2O3/c1-8-2-4-9(12,5-3-8)6-7(10)11/h12H,2-6H2,1H3/p+1. The Bertz CT molecular complexity index is 175. The summed E-state index contributed by atoms with van der Waals surface area (Å²) >= 11 is 0. The Morgan fingerprint density at radius 1 is 1.50 bits per heavy atom. The largest absolute Gasteiger partial charge is 0.477 e. The molecule has 0 spiro atoms. The number of rotatable bonds is 2. The molecule has 1 saturated heterocycles. The van der Waals surface area contributed by atoms with E-state index in [0.29, 0.717) is 13.1 Å². The molecule has 0 aromatic carbocycles. The number of nitrogens with zero attached hydrogens (tertiary/aromatic N) is 2. The van der Waals surface area contributed by atoms with Gasteiger partial charge in [0, 0.05) is 0 Å². The van der Waals surface area contributed by atoms with Gasteiger partial charge in [-0.05, 0) is 7.05 Å². The molecule has 1 fully saturated rings. The van der Waals surface area contributed by atoms with Crippen molar-refractivity contribution in [3.63, 3.8) is 0 Å². The number of hydrogen-bond acceptors (Lipinski definition) is 3. The van der Waals surface area contributed by atoms with Gasteiger partial charge in [0.15, 0.2) is 0 Å². The molecular weight excluding hydrogens is 160 g/mol. The minimum absolute atomic E-state index is 0.187. The number of hydrogen-bond donors (Lipinski definition) is 2.